The molecular weight excluding hydrogens is 534 g/mol. The highest BCUT2D eigenvalue weighted by atomic mass is 32.2. The van der Waals surface area contributed by atoms with Gasteiger partial charge >= 0.3 is 0 Å². The molecule has 0 aromatic heterocycles. The molecule has 7 nitrogen and oxygen atoms in total. The Labute approximate surface area is 244 Å². The van der Waals surface area contributed by atoms with Gasteiger partial charge in [0.1, 0.15) is 12.6 Å². The molecule has 41 heavy (non-hydrogen) atoms. The molecule has 1 aliphatic carbocycles. The van der Waals surface area contributed by atoms with Crippen LogP contribution in [0, 0.1) is 27.7 Å². The van der Waals surface area contributed by atoms with E-state index in [1.165, 1.54) is 4.90 Å². The number of hydrogen-bond donors (Lipinski definition) is 1. The van der Waals surface area contributed by atoms with Gasteiger partial charge in [0.05, 0.1) is 10.6 Å². The summed E-state index contributed by atoms with van der Waals surface area (Å²) in [4.78, 5) is 29.1. The van der Waals surface area contributed by atoms with Crippen molar-refractivity contribution >= 4 is 27.5 Å². The van der Waals surface area contributed by atoms with E-state index in [9.17, 15) is 18.0 Å². The number of anilines is 1. The van der Waals surface area contributed by atoms with Crippen LogP contribution in [0.4, 0.5) is 5.69 Å². The van der Waals surface area contributed by atoms with Crippen molar-refractivity contribution in [2.75, 3.05) is 10.8 Å². The Bertz CT molecular complexity index is 1500. The first-order chi connectivity index (χ1) is 19.5. The number of carbonyl (C=O) groups is 2. The van der Waals surface area contributed by atoms with E-state index in [0.29, 0.717) is 5.69 Å². The van der Waals surface area contributed by atoms with Gasteiger partial charge in [-0.1, -0.05) is 66.4 Å². The SMILES string of the molecule is Cc1ccc(S(=O)(=O)N(CC(=O)N(Cc2cccc(C)c2)[C@@H](C)C(=O)NC2CCCC2)c2ccc(C)c(C)c2)cc1. The molecule has 0 aliphatic heterocycles. The standard InChI is InChI=1S/C33H41N3O4S/c1-23-13-17-31(18-14-23)41(39,40)36(30-16-15-25(3)26(4)20-30)22-32(37)35(21-28-10-8-9-24(2)19-28)27(5)33(38)34-29-11-6-7-12-29/h8-10,13-20,27,29H,6-7,11-12,21-22H2,1-5H3,(H,34,38)/t27-/m0/s1. The summed E-state index contributed by atoms with van der Waals surface area (Å²) in [6, 6.07) is 19.1. The zero-order chi connectivity index (χ0) is 29.7. The molecule has 0 spiro atoms. The Morgan fingerprint density at radius 3 is 2.20 bits per heavy atom. The lowest BCUT2D eigenvalue weighted by atomic mass is 10.1. The van der Waals surface area contributed by atoms with Gasteiger partial charge in [0.15, 0.2) is 0 Å². The summed E-state index contributed by atoms with van der Waals surface area (Å²) in [5, 5.41) is 3.11. The van der Waals surface area contributed by atoms with Crippen molar-refractivity contribution in [1.82, 2.24) is 10.2 Å². The van der Waals surface area contributed by atoms with E-state index in [4.69, 9.17) is 0 Å². The van der Waals surface area contributed by atoms with Crippen molar-refractivity contribution in [2.45, 2.75) is 83.8 Å². The zero-order valence-corrected chi connectivity index (χ0v) is 25.5. The van der Waals surface area contributed by atoms with Gasteiger partial charge in [-0.2, -0.15) is 0 Å². The van der Waals surface area contributed by atoms with E-state index >= 15 is 0 Å². The van der Waals surface area contributed by atoms with Crippen molar-refractivity contribution in [1.29, 1.82) is 0 Å². The Hall–Kier alpha value is -3.65. The second-order valence-electron chi connectivity index (χ2n) is 11.3. The van der Waals surface area contributed by atoms with Gasteiger partial charge in [-0.25, -0.2) is 8.42 Å². The van der Waals surface area contributed by atoms with E-state index in [1.807, 2.05) is 58.0 Å². The first-order valence-electron chi connectivity index (χ1n) is 14.3. The molecule has 0 bridgehead atoms. The van der Waals surface area contributed by atoms with Gasteiger partial charge in [0.2, 0.25) is 11.8 Å². The number of hydrogen-bond acceptors (Lipinski definition) is 4. The number of amides is 2. The summed E-state index contributed by atoms with van der Waals surface area (Å²) in [6.45, 7) is 9.20. The molecule has 0 unspecified atom stereocenters. The van der Waals surface area contributed by atoms with Crippen LogP contribution in [-0.4, -0.2) is 43.8 Å². The molecule has 1 atom stereocenters. The van der Waals surface area contributed by atoms with Crippen LogP contribution >= 0.6 is 0 Å². The van der Waals surface area contributed by atoms with E-state index in [2.05, 4.69) is 5.32 Å². The third-order valence-electron chi connectivity index (χ3n) is 7.97. The molecule has 0 saturated heterocycles. The average molecular weight is 576 g/mol. The molecule has 218 valence electrons. The van der Waals surface area contributed by atoms with Crippen LogP contribution in [-0.2, 0) is 26.2 Å². The van der Waals surface area contributed by atoms with Crippen molar-refractivity contribution in [3.05, 3.63) is 94.5 Å². The van der Waals surface area contributed by atoms with Crippen LogP contribution < -0.4 is 9.62 Å². The Morgan fingerprint density at radius 2 is 1.56 bits per heavy atom. The molecule has 1 saturated carbocycles. The average Bonchev–Trinajstić information content (AvgIpc) is 3.44. The Kier molecular flexibility index (Phi) is 9.53. The van der Waals surface area contributed by atoms with E-state index < -0.39 is 28.5 Å². The summed E-state index contributed by atoms with van der Waals surface area (Å²) >= 11 is 0. The lowest BCUT2D eigenvalue weighted by molar-refractivity contribution is -0.139. The highest BCUT2D eigenvalue weighted by Crippen LogP contribution is 2.27. The summed E-state index contributed by atoms with van der Waals surface area (Å²) < 4.78 is 29.2. The predicted molar refractivity (Wildman–Crippen MR) is 163 cm³/mol. The molecule has 0 radical (unpaired) electrons. The van der Waals surface area contributed by atoms with Crippen LogP contribution in [0.5, 0.6) is 0 Å². The van der Waals surface area contributed by atoms with Crippen molar-refractivity contribution in [3.8, 4) is 0 Å². The number of rotatable bonds is 10. The normalized spacial score (nSPS) is 14.5. The van der Waals surface area contributed by atoms with Crippen LogP contribution in [0.15, 0.2) is 71.6 Å². The number of carbonyl (C=O) groups excluding carboxylic acids is 2. The van der Waals surface area contributed by atoms with Crippen molar-refractivity contribution < 1.29 is 18.0 Å². The molecule has 1 N–H and O–H groups in total. The van der Waals surface area contributed by atoms with Gasteiger partial charge in [0, 0.05) is 12.6 Å². The fraction of sp³-hybridized carbons (Fsp3) is 0.394. The van der Waals surface area contributed by atoms with Gasteiger partial charge in [0.25, 0.3) is 10.0 Å². The van der Waals surface area contributed by atoms with Gasteiger partial charge in [-0.05, 0) is 88.4 Å². The minimum absolute atomic E-state index is 0.103. The largest absolute Gasteiger partial charge is 0.352 e. The summed E-state index contributed by atoms with van der Waals surface area (Å²) in [6.07, 6.45) is 4.01. The number of nitrogens with one attached hydrogen (secondary N) is 1. The maximum absolute atomic E-state index is 14.1. The molecule has 3 aromatic carbocycles. The molecule has 4 rings (SSSR count). The first kappa shape index (κ1) is 30.3. The molecule has 8 heteroatoms. The minimum Gasteiger partial charge on any atom is -0.352 e. The molecule has 1 aliphatic rings. The second-order valence-corrected chi connectivity index (χ2v) is 13.1. The Balaban J connectivity index is 1.70. The minimum atomic E-state index is -4.09. The van der Waals surface area contributed by atoms with Crippen LogP contribution in [0.2, 0.25) is 0 Å². The van der Waals surface area contributed by atoms with E-state index in [0.717, 1.165) is 57.8 Å². The van der Waals surface area contributed by atoms with Crippen molar-refractivity contribution in [2.24, 2.45) is 0 Å². The first-order valence-corrected chi connectivity index (χ1v) is 15.7. The van der Waals surface area contributed by atoms with Gasteiger partial charge in [-0.3, -0.25) is 13.9 Å². The lowest BCUT2D eigenvalue weighted by Crippen LogP contribution is -2.52. The third kappa shape index (κ3) is 7.36. The quantitative estimate of drug-likeness (QED) is 0.341. The zero-order valence-electron chi connectivity index (χ0n) is 24.7. The van der Waals surface area contributed by atoms with Crippen LogP contribution in [0.1, 0.15) is 60.4 Å². The van der Waals surface area contributed by atoms with Crippen LogP contribution in [0.3, 0.4) is 0 Å². The highest BCUT2D eigenvalue weighted by Gasteiger charge is 2.33. The van der Waals surface area contributed by atoms with Gasteiger partial charge < -0.3 is 10.2 Å². The highest BCUT2D eigenvalue weighted by molar-refractivity contribution is 7.92. The summed E-state index contributed by atoms with van der Waals surface area (Å²) in [7, 11) is -4.09. The van der Waals surface area contributed by atoms with Crippen molar-refractivity contribution in [3.63, 3.8) is 0 Å². The summed E-state index contributed by atoms with van der Waals surface area (Å²) in [5.41, 5.74) is 5.19. The smallest absolute Gasteiger partial charge is 0.264 e. The van der Waals surface area contributed by atoms with Crippen LogP contribution in [0.25, 0.3) is 0 Å². The molecule has 2 amide bonds. The Morgan fingerprint density at radius 1 is 0.878 bits per heavy atom. The molecule has 3 aromatic rings. The fourth-order valence-corrected chi connectivity index (χ4v) is 6.63. The molecule has 0 heterocycles. The van der Waals surface area contributed by atoms with E-state index in [-0.39, 0.29) is 23.4 Å². The monoisotopic (exact) mass is 575 g/mol. The fourth-order valence-electron chi connectivity index (χ4n) is 5.23. The van der Waals surface area contributed by atoms with Gasteiger partial charge in [-0.15, -0.1) is 0 Å². The summed E-state index contributed by atoms with van der Waals surface area (Å²) in [5.74, 6) is -0.675. The molecular formula is C33H41N3O4S. The topological polar surface area (TPSA) is 86.8 Å². The maximum atomic E-state index is 14.1. The van der Waals surface area contributed by atoms with E-state index in [1.54, 1.807) is 43.3 Å². The second kappa shape index (κ2) is 12.9. The number of aryl methyl sites for hydroxylation is 4. The number of nitrogens with zero attached hydrogens (tertiary/aromatic N) is 2. The molecule has 1 fully saturated rings. The third-order valence-corrected chi connectivity index (χ3v) is 9.76. The number of benzene rings is 3. The lowest BCUT2D eigenvalue weighted by Gasteiger charge is -2.32. The predicted octanol–water partition coefficient (Wildman–Crippen LogP) is 5.59. The number of sulfonamides is 1. The maximum Gasteiger partial charge on any atom is 0.264 e.